The maximum atomic E-state index is 13.3. The Bertz CT molecular complexity index is 829. The van der Waals surface area contributed by atoms with Crippen molar-refractivity contribution in [3.63, 3.8) is 0 Å². The minimum atomic E-state index is -3.47. The van der Waals surface area contributed by atoms with Gasteiger partial charge >= 0.3 is 0 Å². The Morgan fingerprint density at radius 3 is 2.69 bits per heavy atom. The normalized spacial score (nSPS) is 34.5. The third-order valence-electron chi connectivity index (χ3n) is 7.62. The van der Waals surface area contributed by atoms with Crippen molar-refractivity contribution in [2.24, 2.45) is 16.7 Å². The Labute approximate surface area is 155 Å². The van der Waals surface area contributed by atoms with Gasteiger partial charge in [0.15, 0.2) is 0 Å². The number of piperidine rings is 1. The number of H-pyrrole nitrogens is 1. The molecule has 7 heteroatoms. The lowest BCUT2D eigenvalue weighted by Crippen LogP contribution is -2.48. The highest BCUT2D eigenvalue weighted by atomic mass is 32.2. The van der Waals surface area contributed by atoms with E-state index < -0.39 is 15.4 Å². The van der Waals surface area contributed by atoms with Crippen molar-refractivity contribution in [2.45, 2.75) is 58.8 Å². The third kappa shape index (κ3) is 2.50. The number of nitrogens with one attached hydrogen (secondary N) is 1. The molecule has 3 fully saturated rings. The average Bonchev–Trinajstić information content (AvgIpc) is 3.16. The number of hydrogen-bond acceptors (Lipinski definition) is 4. The van der Waals surface area contributed by atoms with E-state index >= 15 is 0 Å². The first-order chi connectivity index (χ1) is 12.2. The molecular formula is C19H29N3O3S. The minimum Gasteiger partial charge on any atom is -0.299 e. The van der Waals surface area contributed by atoms with Crippen LogP contribution in [0.1, 0.15) is 63.1 Å². The Balaban J connectivity index is 1.57. The number of aryl methyl sites for hydroxylation is 1. The SMILES string of the molecule is Cc1cn[nH]c1C1CCCN(S(=O)(=O)C[C@]23CC[C@H](CC2=O)C3(C)C)C1. The largest absolute Gasteiger partial charge is 0.299 e. The van der Waals surface area contributed by atoms with Crippen molar-refractivity contribution < 1.29 is 13.2 Å². The molecule has 2 heterocycles. The summed E-state index contributed by atoms with van der Waals surface area (Å²) >= 11 is 0. The van der Waals surface area contributed by atoms with Crippen molar-refractivity contribution in [1.82, 2.24) is 14.5 Å². The number of aromatic nitrogens is 2. The molecule has 1 aliphatic heterocycles. The highest BCUT2D eigenvalue weighted by molar-refractivity contribution is 7.89. The summed E-state index contributed by atoms with van der Waals surface area (Å²) in [5.41, 5.74) is 1.22. The van der Waals surface area contributed by atoms with Crippen molar-refractivity contribution in [3.05, 3.63) is 17.5 Å². The lowest BCUT2D eigenvalue weighted by Gasteiger charge is -2.39. The molecule has 1 unspecified atom stereocenters. The quantitative estimate of drug-likeness (QED) is 0.872. The number of hydrogen-bond donors (Lipinski definition) is 1. The van der Waals surface area contributed by atoms with Crippen molar-refractivity contribution >= 4 is 15.8 Å². The Morgan fingerprint density at radius 2 is 2.12 bits per heavy atom. The van der Waals surface area contributed by atoms with E-state index in [-0.39, 0.29) is 22.9 Å². The van der Waals surface area contributed by atoms with Gasteiger partial charge in [-0.05, 0) is 49.5 Å². The van der Waals surface area contributed by atoms with Gasteiger partial charge in [0.2, 0.25) is 10.0 Å². The molecule has 144 valence electrons. The van der Waals surface area contributed by atoms with Crippen molar-refractivity contribution in [2.75, 3.05) is 18.8 Å². The number of nitrogens with zero attached hydrogens (tertiary/aromatic N) is 2. The second kappa shape index (κ2) is 5.89. The van der Waals surface area contributed by atoms with Crippen LogP contribution in [0, 0.1) is 23.7 Å². The summed E-state index contributed by atoms with van der Waals surface area (Å²) in [6.07, 6.45) is 5.85. The average molecular weight is 380 g/mol. The fraction of sp³-hybridized carbons (Fsp3) is 0.789. The van der Waals surface area contributed by atoms with Crippen LogP contribution in [0.15, 0.2) is 6.20 Å². The number of Topliss-reactive ketones (excluding diaryl/α,β-unsaturated/α-hetero) is 1. The van der Waals surface area contributed by atoms with E-state index in [1.54, 1.807) is 10.5 Å². The topological polar surface area (TPSA) is 83.1 Å². The summed E-state index contributed by atoms with van der Waals surface area (Å²) in [4.78, 5) is 12.7. The van der Waals surface area contributed by atoms with E-state index in [0.717, 1.165) is 36.9 Å². The molecule has 2 bridgehead atoms. The van der Waals surface area contributed by atoms with E-state index in [9.17, 15) is 13.2 Å². The number of sulfonamides is 1. The molecule has 0 radical (unpaired) electrons. The molecule has 6 nitrogen and oxygen atoms in total. The van der Waals surface area contributed by atoms with Gasteiger partial charge < -0.3 is 0 Å². The zero-order valence-corrected chi connectivity index (χ0v) is 16.7. The summed E-state index contributed by atoms with van der Waals surface area (Å²) in [5, 5.41) is 7.13. The first-order valence-electron chi connectivity index (χ1n) is 9.68. The van der Waals surface area contributed by atoms with E-state index in [1.165, 1.54) is 0 Å². The maximum absolute atomic E-state index is 13.3. The Morgan fingerprint density at radius 1 is 1.35 bits per heavy atom. The lowest BCUT2D eigenvalue weighted by atomic mass is 9.70. The molecule has 0 aromatic carbocycles. The number of carbonyl (C=O) groups excluding carboxylic acids is 1. The van der Waals surface area contributed by atoms with Crippen LogP contribution in [-0.2, 0) is 14.8 Å². The second-order valence-corrected chi connectivity index (χ2v) is 11.1. The lowest BCUT2D eigenvalue weighted by molar-refractivity contribution is -0.128. The van der Waals surface area contributed by atoms with Crippen LogP contribution in [0.3, 0.4) is 0 Å². The third-order valence-corrected chi connectivity index (χ3v) is 9.60. The van der Waals surface area contributed by atoms with Gasteiger partial charge in [0, 0.05) is 36.5 Å². The molecular weight excluding hydrogens is 350 g/mol. The number of fused-ring (bicyclic) bond motifs is 2. The Kier molecular flexibility index (Phi) is 4.12. The van der Waals surface area contributed by atoms with Gasteiger partial charge in [0.25, 0.3) is 0 Å². The fourth-order valence-corrected chi connectivity index (χ4v) is 8.01. The predicted molar refractivity (Wildman–Crippen MR) is 99.2 cm³/mol. The summed E-state index contributed by atoms with van der Waals surface area (Å²) in [6, 6.07) is 0. The molecule has 2 saturated carbocycles. The van der Waals surface area contributed by atoms with Gasteiger partial charge in [-0.2, -0.15) is 5.10 Å². The molecule has 0 amide bonds. The Hall–Kier alpha value is -1.21. The van der Waals surface area contributed by atoms with Gasteiger partial charge in [-0.25, -0.2) is 12.7 Å². The molecule has 1 aromatic rings. The molecule has 1 N–H and O–H groups in total. The molecule has 4 rings (SSSR count). The predicted octanol–water partition coefficient (Wildman–Crippen LogP) is 2.62. The smallest absolute Gasteiger partial charge is 0.215 e. The van der Waals surface area contributed by atoms with Crippen molar-refractivity contribution in [3.8, 4) is 0 Å². The monoisotopic (exact) mass is 379 g/mol. The maximum Gasteiger partial charge on any atom is 0.215 e. The van der Waals surface area contributed by atoms with E-state index in [1.807, 2.05) is 6.92 Å². The summed E-state index contributed by atoms with van der Waals surface area (Å²) in [5.74, 6) is 0.645. The van der Waals surface area contributed by atoms with Crippen LogP contribution in [0.4, 0.5) is 0 Å². The molecule has 1 aromatic heterocycles. The fourth-order valence-electron chi connectivity index (χ4n) is 5.71. The highest BCUT2D eigenvalue weighted by Crippen LogP contribution is 2.64. The van der Waals surface area contributed by atoms with Crippen LogP contribution < -0.4 is 0 Å². The van der Waals surface area contributed by atoms with Gasteiger partial charge in [-0.1, -0.05) is 13.8 Å². The molecule has 26 heavy (non-hydrogen) atoms. The second-order valence-electron chi connectivity index (χ2n) is 9.09. The number of rotatable bonds is 4. The minimum absolute atomic E-state index is 0.0169. The van der Waals surface area contributed by atoms with Gasteiger partial charge in [0.05, 0.1) is 11.9 Å². The van der Waals surface area contributed by atoms with Crippen LogP contribution >= 0.6 is 0 Å². The molecule has 2 aliphatic carbocycles. The first-order valence-corrected chi connectivity index (χ1v) is 11.3. The highest BCUT2D eigenvalue weighted by Gasteiger charge is 2.65. The van der Waals surface area contributed by atoms with E-state index in [4.69, 9.17) is 0 Å². The van der Waals surface area contributed by atoms with E-state index in [0.29, 0.717) is 25.4 Å². The van der Waals surface area contributed by atoms with Crippen LogP contribution in [0.5, 0.6) is 0 Å². The standard InChI is InChI=1S/C19H29N3O3S/c1-13-10-20-21-17(13)14-5-4-8-22(11-14)26(24,25)12-19-7-6-15(9-16(19)23)18(19,2)3/h10,14-15H,4-9,11-12H2,1-3H3,(H,20,21)/t14?,15-,19-/m1/s1. The number of ketones is 1. The molecule has 1 saturated heterocycles. The summed E-state index contributed by atoms with van der Waals surface area (Å²) < 4.78 is 28.2. The van der Waals surface area contributed by atoms with Gasteiger partial charge in [-0.3, -0.25) is 9.89 Å². The first kappa shape index (κ1) is 18.2. The number of aromatic amines is 1. The summed E-state index contributed by atoms with van der Waals surface area (Å²) in [7, 11) is -3.47. The van der Waals surface area contributed by atoms with Gasteiger partial charge in [0.1, 0.15) is 5.78 Å². The van der Waals surface area contributed by atoms with Crippen LogP contribution in [-0.4, -0.2) is 47.5 Å². The molecule has 3 aliphatic rings. The zero-order valence-electron chi connectivity index (χ0n) is 15.9. The van der Waals surface area contributed by atoms with Crippen LogP contribution in [0.2, 0.25) is 0 Å². The molecule has 3 atom stereocenters. The molecule has 0 spiro atoms. The van der Waals surface area contributed by atoms with Gasteiger partial charge in [-0.15, -0.1) is 0 Å². The van der Waals surface area contributed by atoms with E-state index in [2.05, 4.69) is 24.0 Å². The van der Waals surface area contributed by atoms with Crippen molar-refractivity contribution in [1.29, 1.82) is 0 Å². The van der Waals surface area contributed by atoms with Crippen LogP contribution in [0.25, 0.3) is 0 Å². The summed E-state index contributed by atoms with van der Waals surface area (Å²) in [6.45, 7) is 7.24. The zero-order chi connectivity index (χ0) is 18.7. The number of carbonyl (C=O) groups is 1.